The molecule has 1 N–H and O–H groups in total. The Bertz CT molecular complexity index is 496. The number of pyridine rings is 1. The summed E-state index contributed by atoms with van der Waals surface area (Å²) in [5.74, 6) is 1.18. The summed E-state index contributed by atoms with van der Waals surface area (Å²) in [4.78, 5) is 5.76. The van der Waals surface area contributed by atoms with Crippen LogP contribution in [0.4, 0.5) is 5.69 Å². The molecule has 1 aromatic carbocycles. The highest BCUT2D eigenvalue weighted by Gasteiger charge is 2.11. The summed E-state index contributed by atoms with van der Waals surface area (Å²) in [5, 5.41) is 4.75. The van der Waals surface area contributed by atoms with Gasteiger partial charge in [-0.1, -0.05) is 18.2 Å². The second kappa shape index (κ2) is 3.74. The molecular weight excluding hydrogens is 204 g/mol. The van der Waals surface area contributed by atoms with Crippen LogP contribution in [0.2, 0.25) is 0 Å². The molecule has 3 heteroatoms. The van der Waals surface area contributed by atoms with E-state index in [9.17, 15) is 0 Å². The predicted octanol–water partition coefficient (Wildman–Crippen LogP) is 3.14. The Hall–Kier alpha value is -1.22. The maximum atomic E-state index is 4.48. The van der Waals surface area contributed by atoms with Crippen molar-refractivity contribution >= 4 is 28.4 Å². The quantitative estimate of drug-likeness (QED) is 0.732. The molecule has 1 aromatic heterocycles. The average molecular weight is 216 g/mol. The highest BCUT2D eigenvalue weighted by Crippen LogP contribution is 2.34. The summed E-state index contributed by atoms with van der Waals surface area (Å²) in [5.41, 5.74) is 2.34. The van der Waals surface area contributed by atoms with E-state index in [0.717, 1.165) is 12.1 Å². The normalized spacial score (nSPS) is 15.5. The van der Waals surface area contributed by atoms with E-state index in [4.69, 9.17) is 0 Å². The van der Waals surface area contributed by atoms with Crippen molar-refractivity contribution in [2.24, 2.45) is 0 Å². The third-order valence-electron chi connectivity index (χ3n) is 2.62. The molecule has 1 aliphatic rings. The smallest absolute Gasteiger partial charge is 0.0723 e. The molecule has 0 fully saturated rings. The molecule has 1 aliphatic heterocycles. The predicted molar refractivity (Wildman–Crippen MR) is 65.6 cm³/mol. The van der Waals surface area contributed by atoms with Crippen molar-refractivity contribution in [2.45, 2.75) is 11.3 Å². The minimum absolute atomic E-state index is 1.06. The molecule has 0 aliphatic carbocycles. The molecule has 2 heterocycles. The summed E-state index contributed by atoms with van der Waals surface area (Å²) < 4.78 is 0. The second-order valence-corrected chi connectivity index (χ2v) is 4.78. The van der Waals surface area contributed by atoms with Crippen molar-refractivity contribution in [3.63, 3.8) is 0 Å². The standard InChI is InChI=1S/C12H12N2S/c1-2-5-10-9(4-1)12-11(8-14-10)15-7-3-6-13-12/h1-2,4-5,8,13H,3,6-7H2. The van der Waals surface area contributed by atoms with Crippen LogP contribution in [0.15, 0.2) is 35.4 Å². The van der Waals surface area contributed by atoms with Gasteiger partial charge >= 0.3 is 0 Å². The molecule has 0 bridgehead atoms. The Kier molecular flexibility index (Phi) is 2.25. The lowest BCUT2D eigenvalue weighted by Gasteiger charge is -2.09. The number of fused-ring (bicyclic) bond motifs is 3. The number of nitrogens with one attached hydrogen (secondary N) is 1. The van der Waals surface area contributed by atoms with E-state index in [1.54, 1.807) is 0 Å². The zero-order chi connectivity index (χ0) is 10.1. The number of benzene rings is 1. The summed E-state index contributed by atoms with van der Waals surface area (Å²) in [6.45, 7) is 1.06. The number of anilines is 1. The average Bonchev–Trinajstić information content (AvgIpc) is 2.54. The molecule has 0 saturated carbocycles. The van der Waals surface area contributed by atoms with Crippen LogP contribution in [-0.2, 0) is 0 Å². The van der Waals surface area contributed by atoms with Crippen LogP contribution in [0.25, 0.3) is 10.9 Å². The Morgan fingerprint density at radius 3 is 3.20 bits per heavy atom. The van der Waals surface area contributed by atoms with Crippen LogP contribution < -0.4 is 5.32 Å². The molecule has 0 radical (unpaired) electrons. The van der Waals surface area contributed by atoms with Crippen LogP contribution >= 0.6 is 11.8 Å². The molecule has 0 amide bonds. The van der Waals surface area contributed by atoms with Crippen molar-refractivity contribution in [1.29, 1.82) is 0 Å². The minimum Gasteiger partial charge on any atom is -0.384 e. The van der Waals surface area contributed by atoms with E-state index in [1.165, 1.54) is 28.1 Å². The van der Waals surface area contributed by atoms with Crippen molar-refractivity contribution in [1.82, 2.24) is 4.98 Å². The molecule has 0 saturated heterocycles. The van der Waals surface area contributed by atoms with Crippen LogP contribution in [0, 0.1) is 0 Å². The molecule has 2 nitrogen and oxygen atoms in total. The minimum atomic E-state index is 1.06. The van der Waals surface area contributed by atoms with E-state index >= 15 is 0 Å². The number of thioether (sulfide) groups is 1. The summed E-state index contributed by atoms with van der Waals surface area (Å²) in [6, 6.07) is 8.31. The number of rotatable bonds is 0. The zero-order valence-electron chi connectivity index (χ0n) is 8.36. The molecule has 15 heavy (non-hydrogen) atoms. The number of nitrogens with zero attached hydrogens (tertiary/aromatic N) is 1. The largest absolute Gasteiger partial charge is 0.384 e. The van der Waals surface area contributed by atoms with Gasteiger partial charge in [0.15, 0.2) is 0 Å². The molecule has 0 unspecified atom stereocenters. The van der Waals surface area contributed by atoms with Gasteiger partial charge in [-0.3, -0.25) is 4.98 Å². The first kappa shape index (κ1) is 9.04. The van der Waals surface area contributed by atoms with Gasteiger partial charge in [0.25, 0.3) is 0 Å². The Balaban J connectivity index is 2.27. The number of aromatic nitrogens is 1. The van der Waals surface area contributed by atoms with Crippen LogP contribution in [0.1, 0.15) is 6.42 Å². The Labute approximate surface area is 93.1 Å². The Morgan fingerprint density at radius 2 is 2.20 bits per heavy atom. The number of hydrogen-bond acceptors (Lipinski definition) is 3. The Morgan fingerprint density at radius 1 is 1.27 bits per heavy atom. The van der Waals surface area contributed by atoms with Gasteiger partial charge in [0.05, 0.1) is 11.2 Å². The van der Waals surface area contributed by atoms with Crippen LogP contribution in [-0.4, -0.2) is 17.3 Å². The second-order valence-electron chi connectivity index (χ2n) is 3.64. The topological polar surface area (TPSA) is 24.9 Å². The molecule has 3 rings (SSSR count). The summed E-state index contributed by atoms with van der Waals surface area (Å²) >= 11 is 1.90. The van der Waals surface area contributed by atoms with Crippen molar-refractivity contribution in [3.8, 4) is 0 Å². The van der Waals surface area contributed by atoms with E-state index < -0.39 is 0 Å². The molecular formula is C12H12N2S. The highest BCUT2D eigenvalue weighted by molar-refractivity contribution is 7.99. The maximum absolute atomic E-state index is 4.48. The zero-order valence-corrected chi connectivity index (χ0v) is 9.18. The lowest BCUT2D eigenvalue weighted by molar-refractivity contribution is 1.00. The monoisotopic (exact) mass is 216 g/mol. The van der Waals surface area contributed by atoms with Crippen LogP contribution in [0.3, 0.4) is 0 Å². The maximum Gasteiger partial charge on any atom is 0.0723 e. The van der Waals surface area contributed by atoms with Gasteiger partial charge in [0.1, 0.15) is 0 Å². The van der Waals surface area contributed by atoms with E-state index in [2.05, 4.69) is 28.5 Å². The fourth-order valence-corrected chi connectivity index (χ4v) is 2.84. The van der Waals surface area contributed by atoms with Gasteiger partial charge in [-0.05, 0) is 18.2 Å². The van der Waals surface area contributed by atoms with E-state index in [-0.39, 0.29) is 0 Å². The van der Waals surface area contributed by atoms with Crippen molar-refractivity contribution in [3.05, 3.63) is 30.5 Å². The van der Waals surface area contributed by atoms with Gasteiger partial charge in [-0.15, -0.1) is 11.8 Å². The molecule has 76 valence electrons. The van der Waals surface area contributed by atoms with Crippen molar-refractivity contribution < 1.29 is 0 Å². The van der Waals surface area contributed by atoms with E-state index in [0.29, 0.717) is 0 Å². The third-order valence-corrected chi connectivity index (χ3v) is 3.73. The fraction of sp³-hybridized carbons (Fsp3) is 0.250. The first-order valence-electron chi connectivity index (χ1n) is 5.19. The first-order valence-corrected chi connectivity index (χ1v) is 6.18. The number of hydrogen-bond donors (Lipinski definition) is 1. The lowest BCUT2D eigenvalue weighted by Crippen LogP contribution is -2.00. The van der Waals surface area contributed by atoms with Gasteiger partial charge in [-0.25, -0.2) is 0 Å². The molecule has 2 aromatic rings. The van der Waals surface area contributed by atoms with Crippen molar-refractivity contribution in [2.75, 3.05) is 17.6 Å². The van der Waals surface area contributed by atoms with Gasteiger partial charge in [-0.2, -0.15) is 0 Å². The molecule has 0 spiro atoms. The molecule has 0 atom stereocenters. The van der Waals surface area contributed by atoms with Gasteiger partial charge in [0.2, 0.25) is 0 Å². The number of para-hydroxylation sites is 1. The summed E-state index contributed by atoms with van der Waals surface area (Å²) in [6.07, 6.45) is 3.20. The summed E-state index contributed by atoms with van der Waals surface area (Å²) in [7, 11) is 0. The van der Waals surface area contributed by atoms with E-state index in [1.807, 2.05) is 24.0 Å². The third kappa shape index (κ3) is 1.57. The lowest BCUT2D eigenvalue weighted by atomic mass is 10.2. The first-order chi connectivity index (χ1) is 7.45. The van der Waals surface area contributed by atoms with Crippen LogP contribution in [0.5, 0.6) is 0 Å². The SMILES string of the molecule is c1ccc2c3c(cnc2c1)SCCCN3. The van der Waals surface area contributed by atoms with Gasteiger partial charge in [0, 0.05) is 23.0 Å². The van der Waals surface area contributed by atoms with Gasteiger partial charge < -0.3 is 5.32 Å². The fourth-order valence-electron chi connectivity index (χ4n) is 1.88. The highest BCUT2D eigenvalue weighted by atomic mass is 32.2.